The van der Waals surface area contributed by atoms with Crippen molar-refractivity contribution in [2.24, 2.45) is 5.41 Å². The van der Waals surface area contributed by atoms with Crippen LogP contribution >= 0.6 is 11.8 Å². The van der Waals surface area contributed by atoms with Crippen LogP contribution < -0.4 is 0 Å². The SMILES string of the molecule is CC(C)(C)C(C(=O)O)n1c(SCCCN2C(=O)c3ccccc3C2=O)nc2ccccc21. The van der Waals surface area contributed by atoms with Gasteiger partial charge in [-0.2, -0.15) is 0 Å². The van der Waals surface area contributed by atoms with Gasteiger partial charge in [0.2, 0.25) is 0 Å². The van der Waals surface area contributed by atoms with Gasteiger partial charge in [-0.1, -0.05) is 56.8 Å². The number of imide groups is 1. The number of imidazole rings is 1. The highest BCUT2D eigenvalue weighted by Gasteiger charge is 2.36. The molecule has 2 amide bonds. The lowest BCUT2D eigenvalue weighted by Gasteiger charge is -2.29. The minimum Gasteiger partial charge on any atom is -0.480 e. The quantitative estimate of drug-likeness (QED) is 0.323. The van der Waals surface area contributed by atoms with E-state index in [1.807, 2.05) is 45.0 Å². The predicted octanol–water partition coefficient (Wildman–Crippen LogP) is 4.49. The van der Waals surface area contributed by atoms with E-state index < -0.39 is 17.4 Å². The van der Waals surface area contributed by atoms with Crippen LogP contribution in [0, 0.1) is 5.41 Å². The molecule has 1 aliphatic heterocycles. The molecule has 3 aromatic rings. The van der Waals surface area contributed by atoms with Crippen LogP contribution in [0.1, 0.15) is 53.9 Å². The predicted molar refractivity (Wildman–Crippen MR) is 123 cm³/mol. The number of carbonyl (C=O) groups is 3. The molecule has 2 aromatic carbocycles. The Kier molecular flexibility index (Phi) is 5.81. The van der Waals surface area contributed by atoms with E-state index in [-0.39, 0.29) is 11.8 Å². The molecule has 1 aromatic heterocycles. The first-order chi connectivity index (χ1) is 15.2. The first kappa shape index (κ1) is 22.1. The lowest BCUT2D eigenvalue weighted by Crippen LogP contribution is -2.32. The highest BCUT2D eigenvalue weighted by atomic mass is 32.2. The molecule has 0 bridgehead atoms. The van der Waals surface area contributed by atoms with Gasteiger partial charge in [0.15, 0.2) is 5.16 Å². The Morgan fingerprint density at radius 1 is 1.03 bits per heavy atom. The van der Waals surface area contributed by atoms with Gasteiger partial charge in [-0.15, -0.1) is 0 Å². The van der Waals surface area contributed by atoms with Gasteiger partial charge in [0.05, 0.1) is 22.2 Å². The molecule has 1 unspecified atom stereocenters. The minimum atomic E-state index is -0.909. The summed E-state index contributed by atoms with van der Waals surface area (Å²) in [5.74, 6) is -0.843. The Morgan fingerprint density at radius 3 is 2.22 bits per heavy atom. The van der Waals surface area contributed by atoms with Crippen molar-refractivity contribution in [1.82, 2.24) is 14.5 Å². The highest BCUT2D eigenvalue weighted by molar-refractivity contribution is 7.99. The second-order valence-corrected chi connectivity index (χ2v) is 9.93. The van der Waals surface area contributed by atoms with Crippen molar-refractivity contribution in [2.75, 3.05) is 12.3 Å². The van der Waals surface area contributed by atoms with Crippen molar-refractivity contribution in [3.8, 4) is 0 Å². The number of carboxylic acids is 1. The zero-order valence-corrected chi connectivity index (χ0v) is 19.1. The van der Waals surface area contributed by atoms with Crippen LogP contribution in [-0.2, 0) is 4.79 Å². The van der Waals surface area contributed by atoms with Gasteiger partial charge in [-0.05, 0) is 36.1 Å². The number of hydrogen-bond donors (Lipinski definition) is 1. The van der Waals surface area contributed by atoms with E-state index in [1.165, 1.54) is 16.7 Å². The van der Waals surface area contributed by atoms with E-state index in [9.17, 15) is 19.5 Å². The molecular formula is C24H25N3O4S. The molecule has 4 rings (SSSR count). The second-order valence-electron chi connectivity index (χ2n) is 8.87. The number of nitrogens with zero attached hydrogens (tertiary/aromatic N) is 3. The number of amides is 2. The Morgan fingerprint density at radius 2 is 1.62 bits per heavy atom. The van der Waals surface area contributed by atoms with E-state index in [0.29, 0.717) is 35.0 Å². The number of carbonyl (C=O) groups excluding carboxylic acids is 2. The van der Waals surface area contributed by atoms with Crippen LogP contribution in [0.15, 0.2) is 53.7 Å². The number of rotatable bonds is 7. The third-order valence-corrected chi connectivity index (χ3v) is 6.55. The summed E-state index contributed by atoms with van der Waals surface area (Å²) in [6, 6.07) is 13.6. The molecule has 0 saturated carbocycles. The molecule has 0 fully saturated rings. The highest BCUT2D eigenvalue weighted by Crippen LogP contribution is 2.37. The maximum absolute atomic E-state index is 12.5. The number of aromatic nitrogens is 2. The summed E-state index contributed by atoms with van der Waals surface area (Å²) < 4.78 is 1.80. The van der Waals surface area contributed by atoms with Crippen molar-refractivity contribution < 1.29 is 19.5 Å². The Hall–Kier alpha value is -3.13. The molecule has 0 radical (unpaired) electrons. The van der Waals surface area contributed by atoms with Crippen molar-refractivity contribution in [3.05, 3.63) is 59.7 Å². The molecule has 1 atom stereocenters. The number of aliphatic carboxylic acids is 1. The van der Waals surface area contributed by atoms with Crippen LogP contribution in [0.2, 0.25) is 0 Å². The van der Waals surface area contributed by atoms with Crippen LogP contribution in [0.4, 0.5) is 0 Å². The summed E-state index contributed by atoms with van der Waals surface area (Å²) in [5, 5.41) is 10.6. The first-order valence-electron chi connectivity index (χ1n) is 10.5. The zero-order chi connectivity index (χ0) is 23.0. The number of carboxylic acid groups (broad SMARTS) is 1. The van der Waals surface area contributed by atoms with Gasteiger partial charge < -0.3 is 9.67 Å². The first-order valence-corrected chi connectivity index (χ1v) is 11.5. The number of benzene rings is 2. The van der Waals surface area contributed by atoms with Gasteiger partial charge >= 0.3 is 5.97 Å². The van der Waals surface area contributed by atoms with Crippen molar-refractivity contribution in [1.29, 1.82) is 0 Å². The number of para-hydroxylation sites is 2. The number of hydrogen-bond acceptors (Lipinski definition) is 5. The monoisotopic (exact) mass is 451 g/mol. The van der Waals surface area contributed by atoms with Gasteiger partial charge in [-0.25, -0.2) is 9.78 Å². The van der Waals surface area contributed by atoms with Gasteiger partial charge in [0.1, 0.15) is 6.04 Å². The summed E-state index contributed by atoms with van der Waals surface area (Å²) in [7, 11) is 0. The molecule has 2 heterocycles. The van der Waals surface area contributed by atoms with E-state index in [4.69, 9.17) is 0 Å². The molecule has 1 N–H and O–H groups in total. The fourth-order valence-electron chi connectivity index (χ4n) is 4.07. The molecule has 1 aliphatic rings. The maximum Gasteiger partial charge on any atom is 0.327 e. The summed E-state index contributed by atoms with van der Waals surface area (Å²) in [6.45, 7) is 6.01. The van der Waals surface area contributed by atoms with Crippen LogP contribution in [0.5, 0.6) is 0 Å². The minimum absolute atomic E-state index is 0.262. The normalized spacial score (nSPS) is 14.8. The summed E-state index contributed by atoms with van der Waals surface area (Å²) in [5.41, 5.74) is 1.89. The second kappa shape index (κ2) is 8.43. The van der Waals surface area contributed by atoms with Crippen LogP contribution in [0.25, 0.3) is 11.0 Å². The summed E-state index contributed by atoms with van der Waals surface area (Å²) in [6.07, 6.45) is 0.576. The molecule has 0 aliphatic carbocycles. The van der Waals surface area contributed by atoms with Gasteiger partial charge in [0, 0.05) is 12.3 Å². The standard InChI is InChI=1S/C24H25N3O4S/c1-24(2,3)19(22(30)31)27-18-12-7-6-11-17(18)25-23(27)32-14-8-13-26-20(28)15-9-4-5-10-16(15)21(26)29/h4-7,9-12,19H,8,13-14H2,1-3H3,(H,30,31). The molecule has 0 saturated heterocycles. The van der Waals surface area contributed by atoms with E-state index in [0.717, 1.165) is 11.0 Å². The van der Waals surface area contributed by atoms with Crippen LogP contribution in [-0.4, -0.2) is 49.6 Å². The molecule has 32 heavy (non-hydrogen) atoms. The molecular weight excluding hydrogens is 426 g/mol. The van der Waals surface area contributed by atoms with Crippen molar-refractivity contribution in [3.63, 3.8) is 0 Å². The Labute approximate surface area is 190 Å². The molecule has 8 heteroatoms. The van der Waals surface area contributed by atoms with Gasteiger partial charge in [-0.3, -0.25) is 14.5 Å². The summed E-state index contributed by atoms with van der Waals surface area (Å²) >= 11 is 1.44. The van der Waals surface area contributed by atoms with Gasteiger partial charge in [0.25, 0.3) is 11.8 Å². The molecule has 166 valence electrons. The zero-order valence-electron chi connectivity index (χ0n) is 18.2. The Balaban J connectivity index is 1.52. The topological polar surface area (TPSA) is 92.5 Å². The lowest BCUT2D eigenvalue weighted by atomic mass is 9.86. The molecule has 0 spiro atoms. The van der Waals surface area contributed by atoms with Crippen molar-refractivity contribution in [2.45, 2.75) is 38.4 Å². The lowest BCUT2D eigenvalue weighted by molar-refractivity contribution is -0.144. The third kappa shape index (κ3) is 3.90. The number of fused-ring (bicyclic) bond motifs is 2. The Bertz CT molecular complexity index is 1180. The fourth-order valence-corrected chi connectivity index (χ4v) is 5.03. The summed E-state index contributed by atoms with van der Waals surface area (Å²) in [4.78, 5) is 43.2. The van der Waals surface area contributed by atoms with Crippen molar-refractivity contribution >= 4 is 40.6 Å². The van der Waals surface area contributed by atoms with Crippen LogP contribution in [0.3, 0.4) is 0 Å². The fraction of sp³-hybridized carbons (Fsp3) is 0.333. The number of thioether (sulfide) groups is 1. The largest absolute Gasteiger partial charge is 0.480 e. The molecule has 7 nitrogen and oxygen atoms in total. The van der Waals surface area contributed by atoms with E-state index >= 15 is 0 Å². The smallest absolute Gasteiger partial charge is 0.327 e. The average molecular weight is 452 g/mol. The van der Waals surface area contributed by atoms with E-state index in [2.05, 4.69) is 4.98 Å². The maximum atomic E-state index is 12.5. The average Bonchev–Trinajstić information content (AvgIpc) is 3.20. The van der Waals surface area contributed by atoms with E-state index in [1.54, 1.807) is 28.8 Å². The third-order valence-electron chi connectivity index (χ3n) is 5.51.